The maximum absolute atomic E-state index is 5.55. The van der Waals surface area contributed by atoms with Crippen molar-refractivity contribution in [3.05, 3.63) is 71.8 Å². The van der Waals surface area contributed by atoms with Crippen molar-refractivity contribution in [2.45, 2.75) is 19.9 Å². The van der Waals surface area contributed by atoms with Gasteiger partial charge < -0.3 is 4.74 Å². The van der Waals surface area contributed by atoms with E-state index in [-0.39, 0.29) is 6.04 Å². The first kappa shape index (κ1) is 15.2. The van der Waals surface area contributed by atoms with Gasteiger partial charge in [-0.25, -0.2) is 0 Å². The predicted octanol–water partition coefficient (Wildman–Crippen LogP) is 4.17. The molecule has 0 bridgehead atoms. The average molecular weight is 307 g/mol. The molecule has 3 aromatic rings. The topological polar surface area (TPSA) is 39.1 Å². The van der Waals surface area contributed by atoms with Crippen LogP contribution in [0.2, 0.25) is 0 Å². The Kier molecular flexibility index (Phi) is 4.33. The van der Waals surface area contributed by atoms with Gasteiger partial charge in [-0.2, -0.15) is 0 Å². The summed E-state index contributed by atoms with van der Waals surface area (Å²) >= 11 is 0. The maximum Gasteiger partial charge on any atom is 0.235 e. The molecule has 23 heavy (non-hydrogen) atoms. The van der Waals surface area contributed by atoms with Crippen molar-refractivity contribution in [3.63, 3.8) is 0 Å². The van der Waals surface area contributed by atoms with Crippen LogP contribution in [-0.2, 0) is 0 Å². The van der Waals surface area contributed by atoms with Crippen molar-refractivity contribution in [3.8, 4) is 17.1 Å². The van der Waals surface area contributed by atoms with Gasteiger partial charge in [0, 0.05) is 11.1 Å². The maximum atomic E-state index is 5.55. The molecular formula is C19H21N3O. The Balaban J connectivity index is 1.94. The van der Waals surface area contributed by atoms with E-state index in [1.807, 2.05) is 43.3 Å². The smallest absolute Gasteiger partial charge is 0.235 e. The standard InChI is InChI=1S/C19H21N3O/c1-14-18(17-12-8-5-9-13-17)21-22(19(14)23-3)20-15(2)16-10-6-4-7-11-16/h4-13,15,20H,1-3H3. The molecule has 4 heteroatoms. The molecule has 1 aromatic heterocycles. The first-order valence-corrected chi connectivity index (χ1v) is 7.71. The first-order valence-electron chi connectivity index (χ1n) is 7.71. The molecule has 118 valence electrons. The third-order valence-corrected chi connectivity index (χ3v) is 3.92. The molecule has 0 aliphatic rings. The van der Waals surface area contributed by atoms with Gasteiger partial charge in [0.05, 0.1) is 13.2 Å². The van der Waals surface area contributed by atoms with Crippen LogP contribution in [0.25, 0.3) is 11.3 Å². The van der Waals surface area contributed by atoms with Gasteiger partial charge in [-0.05, 0) is 19.4 Å². The Labute approximate surface area is 136 Å². The third kappa shape index (κ3) is 3.06. The molecule has 0 radical (unpaired) electrons. The van der Waals surface area contributed by atoms with Crippen LogP contribution in [0.15, 0.2) is 60.7 Å². The number of hydrogen-bond acceptors (Lipinski definition) is 3. The second-order valence-corrected chi connectivity index (χ2v) is 5.52. The molecule has 4 nitrogen and oxygen atoms in total. The molecule has 1 unspecified atom stereocenters. The van der Waals surface area contributed by atoms with Crippen LogP contribution in [0.4, 0.5) is 0 Å². The first-order chi connectivity index (χ1) is 11.2. The minimum absolute atomic E-state index is 0.119. The highest BCUT2D eigenvalue weighted by atomic mass is 16.5. The SMILES string of the molecule is COc1c(C)c(-c2ccccc2)nn1NC(C)c1ccccc1. The summed E-state index contributed by atoms with van der Waals surface area (Å²) in [6.07, 6.45) is 0. The molecule has 3 rings (SSSR count). The summed E-state index contributed by atoms with van der Waals surface area (Å²) < 4.78 is 5.55. The number of aromatic nitrogens is 2. The van der Waals surface area contributed by atoms with Gasteiger partial charge in [-0.15, -0.1) is 9.89 Å². The molecule has 0 amide bonds. The van der Waals surface area contributed by atoms with Crippen LogP contribution in [0.5, 0.6) is 5.88 Å². The highest BCUT2D eigenvalue weighted by Crippen LogP contribution is 2.29. The summed E-state index contributed by atoms with van der Waals surface area (Å²) in [5.74, 6) is 0.728. The quantitative estimate of drug-likeness (QED) is 0.769. The van der Waals surface area contributed by atoms with Crippen molar-refractivity contribution < 1.29 is 4.74 Å². The number of rotatable bonds is 5. The van der Waals surface area contributed by atoms with Gasteiger partial charge >= 0.3 is 0 Å². The van der Waals surface area contributed by atoms with Gasteiger partial charge in [0.25, 0.3) is 0 Å². The molecule has 0 spiro atoms. The van der Waals surface area contributed by atoms with Gasteiger partial charge in [-0.3, -0.25) is 5.43 Å². The van der Waals surface area contributed by atoms with Gasteiger partial charge in [0.2, 0.25) is 5.88 Å². The zero-order chi connectivity index (χ0) is 16.2. The van der Waals surface area contributed by atoms with Crippen molar-refractivity contribution in [2.24, 2.45) is 0 Å². The van der Waals surface area contributed by atoms with Crippen LogP contribution < -0.4 is 10.2 Å². The van der Waals surface area contributed by atoms with Gasteiger partial charge in [0.15, 0.2) is 0 Å². The van der Waals surface area contributed by atoms with E-state index >= 15 is 0 Å². The van der Waals surface area contributed by atoms with Crippen LogP contribution in [0.3, 0.4) is 0 Å². The lowest BCUT2D eigenvalue weighted by molar-refractivity contribution is 0.368. The summed E-state index contributed by atoms with van der Waals surface area (Å²) in [6, 6.07) is 20.5. The lowest BCUT2D eigenvalue weighted by Gasteiger charge is -2.16. The summed E-state index contributed by atoms with van der Waals surface area (Å²) in [7, 11) is 1.67. The number of nitrogens with zero attached hydrogens (tertiary/aromatic N) is 2. The molecule has 0 aliphatic carbocycles. The lowest BCUT2D eigenvalue weighted by Crippen LogP contribution is -2.20. The Morgan fingerprint density at radius 2 is 1.61 bits per heavy atom. The average Bonchev–Trinajstić information content (AvgIpc) is 2.92. The number of benzene rings is 2. The summed E-state index contributed by atoms with van der Waals surface area (Å²) in [5, 5.41) is 4.70. The minimum Gasteiger partial charge on any atom is -0.480 e. The molecule has 0 saturated heterocycles. The molecule has 1 N–H and O–H groups in total. The Morgan fingerprint density at radius 3 is 2.22 bits per heavy atom. The Bertz CT molecular complexity index is 766. The monoisotopic (exact) mass is 307 g/mol. The van der Waals surface area contributed by atoms with Crippen molar-refractivity contribution >= 4 is 0 Å². The van der Waals surface area contributed by atoms with E-state index in [1.54, 1.807) is 11.9 Å². The van der Waals surface area contributed by atoms with Crippen molar-refractivity contribution in [1.82, 2.24) is 9.89 Å². The van der Waals surface area contributed by atoms with Gasteiger partial charge in [0.1, 0.15) is 5.69 Å². The van der Waals surface area contributed by atoms with Crippen molar-refractivity contribution in [2.75, 3.05) is 12.5 Å². The fourth-order valence-electron chi connectivity index (χ4n) is 2.68. The Morgan fingerprint density at radius 1 is 1.00 bits per heavy atom. The van der Waals surface area contributed by atoms with E-state index in [0.717, 1.165) is 22.7 Å². The Hall–Kier alpha value is -2.75. The zero-order valence-corrected chi connectivity index (χ0v) is 13.7. The number of ether oxygens (including phenoxy) is 1. The summed E-state index contributed by atoms with van der Waals surface area (Å²) in [4.78, 5) is 1.73. The van der Waals surface area contributed by atoms with Gasteiger partial charge in [-0.1, -0.05) is 60.7 Å². The van der Waals surface area contributed by atoms with E-state index in [2.05, 4.69) is 36.6 Å². The highest BCUT2D eigenvalue weighted by molar-refractivity contribution is 5.65. The zero-order valence-electron chi connectivity index (χ0n) is 13.7. The van der Waals surface area contributed by atoms with Crippen LogP contribution in [-0.4, -0.2) is 17.0 Å². The largest absolute Gasteiger partial charge is 0.480 e. The van der Waals surface area contributed by atoms with Crippen LogP contribution >= 0.6 is 0 Å². The molecular weight excluding hydrogens is 286 g/mol. The third-order valence-electron chi connectivity index (χ3n) is 3.92. The molecule has 0 aliphatic heterocycles. The van der Waals surface area contributed by atoms with E-state index in [0.29, 0.717) is 0 Å². The van der Waals surface area contributed by atoms with E-state index < -0.39 is 0 Å². The lowest BCUT2D eigenvalue weighted by atomic mass is 10.1. The predicted molar refractivity (Wildman–Crippen MR) is 93.2 cm³/mol. The van der Waals surface area contributed by atoms with E-state index in [1.165, 1.54) is 5.56 Å². The molecule has 0 saturated carbocycles. The van der Waals surface area contributed by atoms with Crippen LogP contribution in [0, 0.1) is 6.92 Å². The number of hydrogen-bond donors (Lipinski definition) is 1. The van der Waals surface area contributed by atoms with E-state index in [9.17, 15) is 0 Å². The summed E-state index contributed by atoms with van der Waals surface area (Å²) in [5.41, 5.74) is 7.61. The molecule has 0 fully saturated rings. The minimum atomic E-state index is 0.119. The fourth-order valence-corrected chi connectivity index (χ4v) is 2.68. The fraction of sp³-hybridized carbons (Fsp3) is 0.211. The normalized spacial score (nSPS) is 12.0. The highest BCUT2D eigenvalue weighted by Gasteiger charge is 2.17. The van der Waals surface area contributed by atoms with Crippen molar-refractivity contribution in [1.29, 1.82) is 0 Å². The molecule has 2 aromatic carbocycles. The number of methoxy groups -OCH3 is 1. The van der Waals surface area contributed by atoms with E-state index in [4.69, 9.17) is 9.84 Å². The van der Waals surface area contributed by atoms with Crippen LogP contribution in [0.1, 0.15) is 24.1 Å². The molecule has 1 atom stereocenters. The molecule has 1 heterocycles. The number of nitrogens with one attached hydrogen (secondary N) is 1. The summed E-state index contributed by atoms with van der Waals surface area (Å²) in [6.45, 7) is 4.13. The second-order valence-electron chi connectivity index (χ2n) is 5.52. The second kappa shape index (κ2) is 6.57.